The van der Waals surface area contributed by atoms with Gasteiger partial charge in [-0.1, -0.05) is 31.2 Å². The molecule has 1 spiro atoms. The van der Waals surface area contributed by atoms with Gasteiger partial charge in [-0.2, -0.15) is 0 Å². The number of nitrogens with one attached hydrogen (secondary N) is 1. The van der Waals surface area contributed by atoms with E-state index in [4.69, 9.17) is 9.73 Å². The molecule has 1 saturated heterocycles. The fourth-order valence-electron chi connectivity index (χ4n) is 4.68. The maximum absolute atomic E-state index is 10.8. The smallest absolute Gasteiger partial charge is 0.162 e. The molecule has 160 valence electrons. The van der Waals surface area contributed by atoms with Crippen molar-refractivity contribution < 1.29 is 9.84 Å². The molecule has 2 aromatic rings. The highest BCUT2D eigenvalue weighted by molar-refractivity contribution is 6.02. The number of hydrogen-bond acceptors (Lipinski definition) is 5. The van der Waals surface area contributed by atoms with Gasteiger partial charge < -0.3 is 14.7 Å². The van der Waals surface area contributed by atoms with Gasteiger partial charge in [-0.25, -0.2) is 0 Å². The molecule has 0 aliphatic carbocycles. The van der Waals surface area contributed by atoms with Crippen molar-refractivity contribution in [3.8, 4) is 11.5 Å². The van der Waals surface area contributed by atoms with Gasteiger partial charge in [0.15, 0.2) is 11.5 Å². The largest absolute Gasteiger partial charge is 0.504 e. The number of ether oxygens (including phenoxy) is 1. The van der Waals surface area contributed by atoms with Crippen molar-refractivity contribution in [3.05, 3.63) is 58.7 Å². The van der Waals surface area contributed by atoms with E-state index in [0.29, 0.717) is 5.75 Å². The molecule has 2 heterocycles. The number of methoxy groups -OCH3 is 1. The number of aliphatic imine (C=N–C) groups is 1. The molecule has 2 N–H and O–H groups in total. The highest BCUT2D eigenvalue weighted by atomic mass is 16.5. The summed E-state index contributed by atoms with van der Waals surface area (Å²) in [6, 6.07) is 12.3. The number of aromatic hydroxyl groups is 1. The zero-order valence-corrected chi connectivity index (χ0v) is 18.5. The number of hydrogen-bond donors (Lipinski definition) is 2. The molecule has 5 heteroatoms. The Kier molecular flexibility index (Phi) is 5.85. The Morgan fingerprint density at radius 2 is 1.93 bits per heavy atom. The Hall–Kier alpha value is -2.37. The minimum Gasteiger partial charge on any atom is -0.504 e. The maximum Gasteiger partial charge on any atom is 0.162 e. The molecule has 1 fully saturated rings. The number of benzene rings is 2. The number of piperidine rings is 1. The van der Waals surface area contributed by atoms with Gasteiger partial charge in [0.2, 0.25) is 0 Å². The molecule has 0 amide bonds. The predicted molar refractivity (Wildman–Crippen MR) is 122 cm³/mol. The second-order valence-electron chi connectivity index (χ2n) is 8.62. The minimum absolute atomic E-state index is 0.0117. The lowest BCUT2D eigenvalue weighted by molar-refractivity contribution is 0.129. The van der Waals surface area contributed by atoms with Gasteiger partial charge in [-0.3, -0.25) is 10.3 Å². The van der Waals surface area contributed by atoms with Crippen molar-refractivity contribution in [2.75, 3.05) is 26.7 Å². The number of rotatable bonds is 4. The third-order valence-electron chi connectivity index (χ3n) is 6.79. The first kappa shape index (κ1) is 20.9. The summed E-state index contributed by atoms with van der Waals surface area (Å²) < 4.78 is 5.37. The summed E-state index contributed by atoms with van der Waals surface area (Å²) in [7, 11) is 1.59. The quantitative estimate of drug-likeness (QED) is 0.791. The lowest BCUT2D eigenvalue weighted by Crippen LogP contribution is -2.56. The van der Waals surface area contributed by atoms with E-state index in [1.165, 1.54) is 16.7 Å². The normalized spacial score (nSPS) is 21.5. The molecule has 2 aliphatic rings. The van der Waals surface area contributed by atoms with E-state index in [-0.39, 0.29) is 17.5 Å². The summed E-state index contributed by atoms with van der Waals surface area (Å²) in [6.07, 6.45) is 2.68. The summed E-state index contributed by atoms with van der Waals surface area (Å²) >= 11 is 0. The maximum atomic E-state index is 10.8. The molecule has 0 radical (unpaired) electrons. The lowest BCUT2D eigenvalue weighted by Gasteiger charge is -2.45. The van der Waals surface area contributed by atoms with Gasteiger partial charge in [-0.05, 0) is 62.1 Å². The molecule has 0 aromatic heterocycles. The van der Waals surface area contributed by atoms with Crippen LogP contribution in [0.3, 0.4) is 0 Å². The molecule has 4 rings (SSSR count). The molecule has 0 unspecified atom stereocenters. The number of likely N-dealkylation sites (tertiary alicyclic amines) is 1. The first-order valence-electron chi connectivity index (χ1n) is 11.0. The van der Waals surface area contributed by atoms with Gasteiger partial charge in [-0.15, -0.1) is 0 Å². The lowest BCUT2D eigenvalue weighted by atomic mass is 9.87. The fourth-order valence-corrected chi connectivity index (χ4v) is 4.68. The van der Waals surface area contributed by atoms with Crippen molar-refractivity contribution >= 4 is 5.71 Å². The van der Waals surface area contributed by atoms with Crippen LogP contribution in [0.4, 0.5) is 0 Å². The van der Waals surface area contributed by atoms with Crippen molar-refractivity contribution in [2.24, 2.45) is 4.99 Å². The van der Waals surface area contributed by atoms with Gasteiger partial charge in [0, 0.05) is 36.8 Å². The SMILES string of the molecule is CCN1CCC2(CC1)N=C(c1ccc(C)c(C)c1)C[C@H](c1cccc(OC)c1O)N2. The highest BCUT2D eigenvalue weighted by Crippen LogP contribution is 2.40. The number of phenols is 1. The Bertz CT molecular complexity index is 945. The molecular formula is C25H33N3O2. The monoisotopic (exact) mass is 407 g/mol. The fraction of sp³-hybridized carbons (Fsp3) is 0.480. The van der Waals surface area contributed by atoms with Gasteiger partial charge in [0.25, 0.3) is 0 Å². The second kappa shape index (κ2) is 8.40. The van der Waals surface area contributed by atoms with E-state index >= 15 is 0 Å². The topological polar surface area (TPSA) is 57.1 Å². The molecule has 2 aliphatic heterocycles. The number of aryl methyl sites for hydroxylation is 2. The zero-order valence-electron chi connectivity index (χ0n) is 18.5. The third-order valence-corrected chi connectivity index (χ3v) is 6.79. The number of phenolic OH excluding ortho intramolecular Hbond substituents is 1. The first-order chi connectivity index (χ1) is 14.4. The summed E-state index contributed by atoms with van der Waals surface area (Å²) in [6.45, 7) is 9.65. The molecule has 2 aromatic carbocycles. The molecule has 0 saturated carbocycles. The van der Waals surface area contributed by atoms with Crippen LogP contribution < -0.4 is 10.1 Å². The standard InChI is InChI=1S/C25H33N3O2/c1-5-28-13-11-25(12-14-28)26-21(19-10-9-17(2)18(3)15-19)16-22(27-25)20-7-6-8-23(30-4)24(20)29/h6-10,15,22,27,29H,5,11-14,16H2,1-4H3/t22-/m1/s1. The van der Waals surface area contributed by atoms with Crippen LogP contribution in [0, 0.1) is 13.8 Å². The van der Waals surface area contributed by atoms with Crippen LogP contribution in [-0.4, -0.2) is 48.1 Å². The summed E-state index contributed by atoms with van der Waals surface area (Å²) in [5.41, 5.74) is 5.46. The van der Waals surface area contributed by atoms with Crippen molar-refractivity contribution in [1.29, 1.82) is 0 Å². The van der Waals surface area contributed by atoms with Crippen LogP contribution in [0.5, 0.6) is 11.5 Å². The second-order valence-corrected chi connectivity index (χ2v) is 8.62. The van der Waals surface area contributed by atoms with Crippen molar-refractivity contribution in [3.63, 3.8) is 0 Å². The van der Waals surface area contributed by atoms with Crippen LogP contribution >= 0.6 is 0 Å². The summed E-state index contributed by atoms with van der Waals surface area (Å²) in [4.78, 5) is 7.77. The van der Waals surface area contributed by atoms with Crippen LogP contribution in [0.1, 0.15) is 54.5 Å². The Balaban J connectivity index is 1.74. The van der Waals surface area contributed by atoms with E-state index in [0.717, 1.165) is 50.2 Å². The van der Waals surface area contributed by atoms with Crippen LogP contribution in [0.2, 0.25) is 0 Å². The Morgan fingerprint density at radius 1 is 1.17 bits per heavy atom. The molecule has 30 heavy (non-hydrogen) atoms. The molecule has 0 bridgehead atoms. The zero-order chi connectivity index (χ0) is 21.3. The van der Waals surface area contributed by atoms with Crippen LogP contribution in [0.25, 0.3) is 0 Å². The highest BCUT2D eigenvalue weighted by Gasteiger charge is 2.40. The van der Waals surface area contributed by atoms with Crippen LogP contribution in [-0.2, 0) is 0 Å². The third kappa shape index (κ3) is 3.96. The van der Waals surface area contributed by atoms with Gasteiger partial charge in [0.1, 0.15) is 5.66 Å². The average Bonchev–Trinajstić information content (AvgIpc) is 2.76. The number of nitrogens with zero attached hydrogens (tertiary/aromatic N) is 2. The van der Waals surface area contributed by atoms with E-state index in [2.05, 4.69) is 49.2 Å². The van der Waals surface area contributed by atoms with E-state index in [1.807, 2.05) is 12.1 Å². The Morgan fingerprint density at radius 3 is 2.60 bits per heavy atom. The van der Waals surface area contributed by atoms with E-state index < -0.39 is 0 Å². The van der Waals surface area contributed by atoms with Crippen molar-refractivity contribution in [2.45, 2.75) is 51.7 Å². The number of para-hydroxylation sites is 1. The van der Waals surface area contributed by atoms with Crippen molar-refractivity contribution in [1.82, 2.24) is 10.2 Å². The molecular weight excluding hydrogens is 374 g/mol. The predicted octanol–water partition coefficient (Wildman–Crippen LogP) is 4.35. The van der Waals surface area contributed by atoms with Crippen LogP contribution in [0.15, 0.2) is 41.4 Å². The average molecular weight is 408 g/mol. The Labute approximate surface area is 179 Å². The molecule has 5 nitrogen and oxygen atoms in total. The van der Waals surface area contributed by atoms with E-state index in [9.17, 15) is 5.11 Å². The van der Waals surface area contributed by atoms with E-state index in [1.54, 1.807) is 13.2 Å². The van der Waals surface area contributed by atoms with Gasteiger partial charge in [0.05, 0.1) is 7.11 Å². The molecule has 1 atom stereocenters. The minimum atomic E-state index is -0.293. The first-order valence-corrected chi connectivity index (χ1v) is 11.0. The summed E-state index contributed by atoms with van der Waals surface area (Å²) in [5.74, 6) is 0.736. The summed E-state index contributed by atoms with van der Waals surface area (Å²) in [5, 5.41) is 14.7. The van der Waals surface area contributed by atoms with Gasteiger partial charge >= 0.3 is 0 Å².